The lowest BCUT2D eigenvalue weighted by atomic mass is 9.67. The van der Waals surface area contributed by atoms with E-state index in [1.807, 2.05) is 0 Å². The van der Waals surface area contributed by atoms with Crippen molar-refractivity contribution >= 4 is 121 Å². The summed E-state index contributed by atoms with van der Waals surface area (Å²) < 4.78 is 9.98. The molecule has 0 spiro atoms. The van der Waals surface area contributed by atoms with Crippen molar-refractivity contribution in [3.05, 3.63) is 530 Å². The molecule has 2 aliphatic rings. The molecule has 0 bridgehead atoms. The fraction of sp³-hybridized carbons (Fsp3) is 0.0164. The molecule has 0 saturated carbocycles. The molecule has 0 N–H and O–H groups in total. The minimum Gasteiger partial charge on any atom is -0.310 e. The lowest BCUT2D eigenvalue weighted by Crippen LogP contribution is -2.29. The number of anilines is 6. The Kier molecular flexibility index (Phi) is 16.4. The van der Waals surface area contributed by atoms with Gasteiger partial charge in [-0.1, -0.05) is 340 Å². The smallest absolute Gasteiger partial charge is 0.0714 e. The maximum absolute atomic E-state index is 2.55. The van der Waals surface area contributed by atoms with E-state index in [1.165, 1.54) is 110 Å². The molecule has 4 heterocycles. The minimum absolute atomic E-state index is 0.753. The Labute approximate surface area is 741 Å². The Morgan fingerprint density at radius 1 is 0.164 bits per heavy atom. The Balaban J connectivity index is 0.680. The van der Waals surface area contributed by atoms with Crippen LogP contribution >= 0.6 is 0 Å². The fourth-order valence-corrected chi connectivity index (χ4v) is 22.4. The van der Waals surface area contributed by atoms with E-state index in [1.54, 1.807) is 0 Å². The second kappa shape index (κ2) is 28.9. The Hall–Kier alpha value is -16.8. The molecule has 0 aliphatic heterocycles. The highest BCUT2D eigenvalue weighted by Crippen LogP contribution is 2.62. The van der Waals surface area contributed by atoms with Crippen molar-refractivity contribution in [3.8, 4) is 56.1 Å². The maximum Gasteiger partial charge on any atom is 0.0714 e. The highest BCUT2D eigenvalue weighted by atomic mass is 15.2. The molecule has 6 nitrogen and oxygen atoms in total. The van der Waals surface area contributed by atoms with Crippen LogP contribution in [-0.2, 0) is 10.8 Å². The van der Waals surface area contributed by atoms with E-state index >= 15 is 0 Å². The van der Waals surface area contributed by atoms with Crippen LogP contribution in [0.3, 0.4) is 0 Å². The summed E-state index contributed by atoms with van der Waals surface area (Å²) in [6, 6.07) is 182. The first kappa shape index (κ1) is 72.8. The SMILES string of the molecule is c1ccc(N(c2ccc3c(c2)-c2ccc(-c4ccc5c(c4)C(c4ccccc4)(c4ccccc4)c4cc(N(c6ccccc6)c6cc(-n7c8ccccc8c8ccccc87)c7c8ccccc8n(-c8ccccc8)c7c6)ccc4-5)cc2C3(c2ccccc2)c2ccccc2)c2cc(-n3c4ccccc4c4ccccc43)c3c4ccccc4n(-c4ccccc4)c3c2)cc1. The molecule has 0 radical (unpaired) electrons. The quantitative estimate of drug-likeness (QED) is 0.102. The van der Waals surface area contributed by atoms with Crippen LogP contribution in [-0.4, -0.2) is 18.3 Å². The molecule has 0 fully saturated rings. The average Bonchev–Trinajstić information content (AvgIpc) is 1.54. The van der Waals surface area contributed by atoms with Crippen LogP contribution in [0.2, 0.25) is 0 Å². The third-order valence-corrected chi connectivity index (χ3v) is 27.6. The predicted molar refractivity (Wildman–Crippen MR) is 533 cm³/mol. The zero-order chi connectivity index (χ0) is 84.1. The van der Waals surface area contributed by atoms with Gasteiger partial charge in [0.25, 0.3) is 0 Å². The van der Waals surface area contributed by atoms with Gasteiger partial charge in [-0.3, -0.25) is 0 Å². The lowest BCUT2D eigenvalue weighted by molar-refractivity contribution is 0.767. The normalized spacial score (nSPS) is 13.0. The van der Waals surface area contributed by atoms with Crippen LogP contribution in [0.4, 0.5) is 34.1 Å². The molecule has 128 heavy (non-hydrogen) atoms. The zero-order valence-electron chi connectivity index (χ0n) is 69.9. The van der Waals surface area contributed by atoms with Gasteiger partial charge in [0.1, 0.15) is 0 Å². The van der Waals surface area contributed by atoms with Gasteiger partial charge in [0.05, 0.1) is 77.7 Å². The van der Waals surface area contributed by atoms with E-state index in [-0.39, 0.29) is 0 Å². The molecule has 598 valence electrons. The van der Waals surface area contributed by atoms with Crippen molar-refractivity contribution in [2.75, 3.05) is 9.80 Å². The van der Waals surface area contributed by atoms with Gasteiger partial charge in [-0.05, 0) is 223 Å². The van der Waals surface area contributed by atoms with Crippen LogP contribution in [0.15, 0.2) is 485 Å². The van der Waals surface area contributed by atoms with Crippen LogP contribution in [0.25, 0.3) is 143 Å². The van der Waals surface area contributed by atoms with Gasteiger partial charge in [0.2, 0.25) is 0 Å². The van der Waals surface area contributed by atoms with Gasteiger partial charge in [-0.2, -0.15) is 0 Å². The third-order valence-electron chi connectivity index (χ3n) is 27.6. The molecular weight excluding hydrogens is 1550 g/mol. The van der Waals surface area contributed by atoms with Crippen LogP contribution < -0.4 is 9.80 Å². The first-order valence-corrected chi connectivity index (χ1v) is 44.3. The van der Waals surface area contributed by atoms with E-state index in [4.69, 9.17) is 0 Å². The van der Waals surface area contributed by atoms with Crippen molar-refractivity contribution in [2.24, 2.45) is 0 Å². The van der Waals surface area contributed by atoms with Gasteiger partial charge in [0.15, 0.2) is 0 Å². The fourth-order valence-electron chi connectivity index (χ4n) is 22.4. The first-order valence-electron chi connectivity index (χ1n) is 44.3. The van der Waals surface area contributed by atoms with Crippen molar-refractivity contribution in [2.45, 2.75) is 10.8 Å². The number of hydrogen-bond donors (Lipinski definition) is 0. The number of rotatable bonds is 15. The summed E-state index contributed by atoms with van der Waals surface area (Å²) >= 11 is 0. The molecular formula is C122H80N6. The summed E-state index contributed by atoms with van der Waals surface area (Å²) in [5, 5.41) is 9.58. The van der Waals surface area contributed by atoms with Gasteiger partial charge < -0.3 is 28.1 Å². The highest BCUT2D eigenvalue weighted by Gasteiger charge is 2.49. The summed E-state index contributed by atoms with van der Waals surface area (Å²) in [6.07, 6.45) is 0. The Morgan fingerprint density at radius 3 is 0.820 bits per heavy atom. The molecule has 26 rings (SSSR count). The maximum atomic E-state index is 2.55. The van der Waals surface area contributed by atoms with E-state index in [0.717, 1.165) is 112 Å². The van der Waals surface area contributed by atoms with Gasteiger partial charge in [0, 0.05) is 77.2 Å². The van der Waals surface area contributed by atoms with E-state index < -0.39 is 10.8 Å². The summed E-state index contributed by atoms with van der Waals surface area (Å²) in [5.74, 6) is 0. The highest BCUT2D eigenvalue weighted by molar-refractivity contribution is 6.20. The first-order chi connectivity index (χ1) is 63.5. The molecule has 0 amide bonds. The molecule has 0 atom stereocenters. The standard InChI is InChI=1S/C122H80N6/c1-9-37-83(38-10-1)121(84-39-11-2-12-40-84)105-72-68-91(123(87-45-17-5-18-46-87)93-77-115-119(102-57-29-35-63-113(102)125(115)89-49-21-7-22-50-89)117(79-93)127-109-59-31-25-53-98(109)99-54-26-32-60-110(99)127)75-104(105)97-70-66-82(74-107(97)121)81-65-69-95-96-71-67-92(76-108(96)122(106(95)73-81,85-41-13-3-14-42-85)86-43-15-4-16-44-86)124(88-47-19-6-20-48-88)94-78-116-120(103-58-30-36-64-114(103)126(116)90-51-23-8-24-52-90)118(80-94)128-111-61-33-27-55-100(111)101-56-28-34-62-112(101)128/h1-80H. The molecule has 2 aliphatic carbocycles. The van der Waals surface area contributed by atoms with Crippen molar-refractivity contribution in [1.29, 1.82) is 0 Å². The monoisotopic (exact) mass is 1630 g/mol. The number of nitrogens with zero attached hydrogens (tertiary/aromatic N) is 6. The van der Waals surface area contributed by atoms with Crippen molar-refractivity contribution in [3.63, 3.8) is 0 Å². The van der Waals surface area contributed by atoms with Crippen molar-refractivity contribution in [1.82, 2.24) is 18.3 Å². The molecule has 6 heteroatoms. The minimum atomic E-state index is -0.807. The molecule has 24 aromatic rings. The second-order valence-electron chi connectivity index (χ2n) is 34.1. The number of para-hydroxylation sites is 10. The molecule has 20 aromatic carbocycles. The summed E-state index contributed by atoms with van der Waals surface area (Å²) in [5.41, 5.74) is 34.9. The average molecular weight is 1630 g/mol. The van der Waals surface area contributed by atoms with Crippen LogP contribution in [0.1, 0.15) is 44.5 Å². The predicted octanol–water partition coefficient (Wildman–Crippen LogP) is 31.4. The topological polar surface area (TPSA) is 26.2 Å². The van der Waals surface area contributed by atoms with Gasteiger partial charge >= 0.3 is 0 Å². The number of hydrogen-bond acceptors (Lipinski definition) is 2. The van der Waals surface area contributed by atoms with E-state index in [2.05, 4.69) is 513 Å². The molecule has 0 unspecified atom stereocenters. The van der Waals surface area contributed by atoms with E-state index in [0.29, 0.717) is 0 Å². The Morgan fingerprint density at radius 2 is 0.445 bits per heavy atom. The number of benzene rings is 20. The molecule has 0 saturated heterocycles. The summed E-state index contributed by atoms with van der Waals surface area (Å²) in [6.45, 7) is 0. The molecule has 4 aromatic heterocycles. The number of aromatic nitrogens is 4. The van der Waals surface area contributed by atoms with Crippen LogP contribution in [0.5, 0.6) is 0 Å². The third kappa shape index (κ3) is 10.7. The second-order valence-corrected chi connectivity index (χ2v) is 34.1. The summed E-state index contributed by atoms with van der Waals surface area (Å²) in [4.78, 5) is 5.00. The number of fused-ring (bicyclic) bond motifs is 18. The zero-order valence-corrected chi connectivity index (χ0v) is 69.9. The Bertz CT molecular complexity index is 8360. The lowest BCUT2D eigenvalue weighted by Gasteiger charge is -2.35. The van der Waals surface area contributed by atoms with Gasteiger partial charge in [-0.25, -0.2) is 0 Å². The van der Waals surface area contributed by atoms with Gasteiger partial charge in [-0.15, -0.1) is 0 Å². The van der Waals surface area contributed by atoms with Crippen molar-refractivity contribution < 1.29 is 0 Å². The van der Waals surface area contributed by atoms with Crippen LogP contribution in [0, 0.1) is 0 Å². The largest absolute Gasteiger partial charge is 0.310 e. The van der Waals surface area contributed by atoms with E-state index in [9.17, 15) is 0 Å². The summed E-state index contributed by atoms with van der Waals surface area (Å²) in [7, 11) is 0.